The van der Waals surface area contributed by atoms with Crippen molar-refractivity contribution in [1.82, 2.24) is 0 Å². The van der Waals surface area contributed by atoms with Gasteiger partial charge in [0.15, 0.2) is 0 Å². The second-order valence-electron chi connectivity index (χ2n) is 3.53. The summed E-state index contributed by atoms with van der Waals surface area (Å²) in [5.74, 6) is 0.925. The molecule has 0 amide bonds. The maximum Gasteiger partial charge on any atom is 0.123 e. The van der Waals surface area contributed by atoms with E-state index in [0.29, 0.717) is 0 Å². The van der Waals surface area contributed by atoms with E-state index in [1.807, 2.05) is 12.1 Å². The van der Waals surface area contributed by atoms with Gasteiger partial charge in [0.2, 0.25) is 0 Å². The van der Waals surface area contributed by atoms with E-state index in [9.17, 15) is 4.39 Å². The molecule has 0 spiro atoms. The Morgan fingerprint density at radius 3 is 2.28 bits per heavy atom. The van der Waals surface area contributed by atoms with Crippen LogP contribution in [-0.2, 0) is 5.75 Å². The molecule has 2 aromatic carbocycles. The highest BCUT2D eigenvalue weighted by atomic mass is 33.5. The van der Waals surface area contributed by atoms with E-state index in [-0.39, 0.29) is 11.6 Å². The molecule has 0 aliphatic heterocycles. The van der Waals surface area contributed by atoms with Gasteiger partial charge in [0, 0.05) is 10.6 Å². The molecule has 0 saturated heterocycles. The fourth-order valence-electron chi connectivity index (χ4n) is 1.24. The quantitative estimate of drug-likeness (QED) is 0.610. The second-order valence-corrected chi connectivity index (χ2v) is 7.67. The summed E-state index contributed by atoms with van der Waals surface area (Å²) in [6.07, 6.45) is 0. The average Bonchev–Trinajstić information content (AvgIpc) is 2.39. The first-order valence-corrected chi connectivity index (χ1v) is 8.89. The Morgan fingerprint density at radius 2 is 1.61 bits per heavy atom. The fourth-order valence-corrected chi connectivity index (χ4v) is 4.83. The Kier molecular flexibility index (Phi) is 5.28. The van der Waals surface area contributed by atoms with Crippen LogP contribution in [0, 0.1) is 5.82 Å². The number of halogens is 1. The highest BCUT2D eigenvalue weighted by Crippen LogP contribution is 2.41. The lowest BCUT2D eigenvalue weighted by Gasteiger charge is -2.01. The van der Waals surface area contributed by atoms with Crippen molar-refractivity contribution in [2.24, 2.45) is 0 Å². The van der Waals surface area contributed by atoms with E-state index in [4.69, 9.17) is 5.11 Å². The minimum atomic E-state index is -0.199. The summed E-state index contributed by atoms with van der Waals surface area (Å²) in [6, 6.07) is 13.7. The monoisotopic (exact) mass is 298 g/mol. The predicted molar refractivity (Wildman–Crippen MR) is 79.2 cm³/mol. The maximum absolute atomic E-state index is 12.7. The van der Waals surface area contributed by atoms with Gasteiger partial charge in [-0.3, -0.25) is 0 Å². The lowest BCUT2D eigenvalue weighted by molar-refractivity contribution is 0.475. The second kappa shape index (κ2) is 6.97. The molecule has 0 aliphatic rings. The van der Waals surface area contributed by atoms with Crippen LogP contribution in [0.3, 0.4) is 0 Å². The van der Waals surface area contributed by atoms with Crippen molar-refractivity contribution in [2.45, 2.75) is 10.6 Å². The first kappa shape index (κ1) is 13.6. The molecule has 0 fully saturated rings. The number of hydrogen-bond donors (Lipinski definition) is 1. The predicted octanol–water partition coefficient (Wildman–Crippen LogP) is 5.12. The highest BCUT2D eigenvalue weighted by Gasteiger charge is 1.98. The maximum atomic E-state index is 12.7. The van der Waals surface area contributed by atoms with E-state index in [1.54, 1.807) is 55.7 Å². The molecule has 5 heteroatoms. The molecule has 0 unspecified atom stereocenters. The van der Waals surface area contributed by atoms with Crippen LogP contribution in [0.1, 0.15) is 5.56 Å². The summed E-state index contributed by atoms with van der Waals surface area (Å²) in [5, 5.41) is 9.15. The minimum Gasteiger partial charge on any atom is -0.508 e. The van der Waals surface area contributed by atoms with Gasteiger partial charge in [0.05, 0.1) is 0 Å². The summed E-state index contributed by atoms with van der Waals surface area (Å²) in [7, 11) is 5.02. The van der Waals surface area contributed by atoms with E-state index in [0.717, 1.165) is 16.2 Å². The van der Waals surface area contributed by atoms with Gasteiger partial charge >= 0.3 is 0 Å². The SMILES string of the molecule is Oc1ccc(SSSCc2ccc(F)cc2)cc1. The Bertz CT molecular complexity index is 437. The Balaban J connectivity index is 1.73. The van der Waals surface area contributed by atoms with Gasteiger partial charge in [-0.05, 0) is 62.6 Å². The Hall–Kier alpha value is -0.780. The lowest BCUT2D eigenvalue weighted by Crippen LogP contribution is -1.78. The van der Waals surface area contributed by atoms with Crippen molar-refractivity contribution < 1.29 is 9.50 Å². The zero-order valence-electron chi connectivity index (χ0n) is 9.38. The zero-order valence-corrected chi connectivity index (χ0v) is 11.8. The average molecular weight is 298 g/mol. The number of rotatable bonds is 5. The van der Waals surface area contributed by atoms with Gasteiger partial charge in [0.25, 0.3) is 0 Å². The summed E-state index contributed by atoms with van der Waals surface area (Å²) in [4.78, 5) is 1.10. The van der Waals surface area contributed by atoms with Crippen LogP contribution in [0.15, 0.2) is 53.4 Å². The summed E-state index contributed by atoms with van der Waals surface area (Å²) < 4.78 is 12.7. The van der Waals surface area contributed by atoms with E-state index >= 15 is 0 Å². The molecule has 0 aliphatic carbocycles. The fraction of sp³-hybridized carbons (Fsp3) is 0.0769. The largest absolute Gasteiger partial charge is 0.508 e. The van der Waals surface area contributed by atoms with Crippen LogP contribution >= 0.6 is 31.4 Å². The Labute approximate surface area is 117 Å². The van der Waals surface area contributed by atoms with Crippen molar-refractivity contribution in [3.05, 3.63) is 59.9 Å². The van der Waals surface area contributed by atoms with Crippen LogP contribution < -0.4 is 0 Å². The third kappa shape index (κ3) is 4.48. The van der Waals surface area contributed by atoms with E-state index in [1.165, 1.54) is 12.1 Å². The normalized spacial score (nSPS) is 10.5. The molecule has 0 bridgehead atoms. The van der Waals surface area contributed by atoms with Crippen molar-refractivity contribution >= 4 is 31.4 Å². The van der Waals surface area contributed by atoms with Gasteiger partial charge in [-0.1, -0.05) is 22.9 Å². The topological polar surface area (TPSA) is 20.2 Å². The molecule has 0 saturated carbocycles. The van der Waals surface area contributed by atoms with Gasteiger partial charge in [-0.25, -0.2) is 4.39 Å². The molecular weight excluding hydrogens is 287 g/mol. The van der Waals surface area contributed by atoms with Gasteiger partial charge in [0.1, 0.15) is 11.6 Å². The first-order chi connectivity index (χ1) is 8.74. The molecule has 0 radical (unpaired) electrons. The third-order valence-electron chi connectivity index (χ3n) is 2.15. The number of phenolic OH excluding ortho intramolecular Hbond substituents is 1. The molecule has 2 aromatic rings. The molecule has 0 aromatic heterocycles. The number of benzene rings is 2. The van der Waals surface area contributed by atoms with Crippen molar-refractivity contribution in [3.8, 4) is 5.75 Å². The number of hydrogen-bond acceptors (Lipinski definition) is 4. The van der Waals surface area contributed by atoms with Crippen LogP contribution in [0.25, 0.3) is 0 Å². The highest BCUT2D eigenvalue weighted by molar-refractivity contribution is 9.09. The molecule has 0 atom stereocenters. The summed E-state index contributed by atoms with van der Waals surface area (Å²) in [6.45, 7) is 0. The van der Waals surface area contributed by atoms with Crippen molar-refractivity contribution in [3.63, 3.8) is 0 Å². The van der Waals surface area contributed by atoms with E-state index < -0.39 is 0 Å². The molecule has 2 rings (SSSR count). The van der Waals surface area contributed by atoms with Crippen LogP contribution in [0.4, 0.5) is 4.39 Å². The summed E-state index contributed by atoms with van der Waals surface area (Å²) >= 11 is 0. The number of phenols is 1. The van der Waals surface area contributed by atoms with Crippen molar-refractivity contribution in [1.29, 1.82) is 0 Å². The van der Waals surface area contributed by atoms with Crippen LogP contribution in [0.5, 0.6) is 5.75 Å². The van der Waals surface area contributed by atoms with E-state index in [2.05, 4.69) is 0 Å². The molecule has 1 nitrogen and oxygen atoms in total. The van der Waals surface area contributed by atoms with Gasteiger partial charge in [-0.15, -0.1) is 0 Å². The zero-order chi connectivity index (χ0) is 12.8. The molecule has 18 heavy (non-hydrogen) atoms. The van der Waals surface area contributed by atoms with Crippen LogP contribution in [-0.4, -0.2) is 5.11 Å². The Morgan fingerprint density at radius 1 is 0.944 bits per heavy atom. The summed E-state index contributed by atoms with van der Waals surface area (Å²) in [5.41, 5.74) is 1.11. The minimum absolute atomic E-state index is 0.199. The molecule has 0 heterocycles. The first-order valence-electron chi connectivity index (χ1n) is 5.24. The third-order valence-corrected chi connectivity index (χ3v) is 6.14. The van der Waals surface area contributed by atoms with Crippen LogP contribution in [0.2, 0.25) is 0 Å². The van der Waals surface area contributed by atoms with Crippen molar-refractivity contribution in [2.75, 3.05) is 0 Å². The van der Waals surface area contributed by atoms with Gasteiger partial charge in [-0.2, -0.15) is 0 Å². The lowest BCUT2D eigenvalue weighted by atomic mass is 10.2. The standard InChI is InChI=1S/C13H11FOS3/c14-11-3-1-10(2-4-11)9-16-18-17-13-7-5-12(15)6-8-13/h1-8,15H,9H2. The molecule has 1 N–H and O–H groups in total. The molecular formula is C13H11FOS3. The smallest absolute Gasteiger partial charge is 0.123 e. The van der Waals surface area contributed by atoms with Gasteiger partial charge < -0.3 is 5.11 Å². The molecule has 94 valence electrons. The number of aromatic hydroxyl groups is 1.